The van der Waals surface area contributed by atoms with Crippen molar-refractivity contribution in [2.75, 3.05) is 5.32 Å². The van der Waals surface area contributed by atoms with Gasteiger partial charge in [-0.3, -0.25) is 0 Å². The average molecular weight is 338 g/mol. The summed E-state index contributed by atoms with van der Waals surface area (Å²) in [6, 6.07) is 12.9. The molecule has 0 fully saturated rings. The molecule has 0 radical (unpaired) electrons. The third-order valence-electron chi connectivity index (χ3n) is 3.08. The Morgan fingerprint density at radius 3 is 2.35 bits per heavy atom. The number of hydrogen-bond acceptors (Lipinski definition) is 2. The Morgan fingerprint density at radius 1 is 1.20 bits per heavy atom. The fraction of sp³-hybridized carbons (Fsp3) is 0.133. The van der Waals surface area contributed by atoms with Crippen molar-refractivity contribution in [3.8, 4) is 0 Å². The molecular weight excluding hydrogens is 325 g/mol. The van der Waals surface area contributed by atoms with Crippen LogP contribution in [0.25, 0.3) is 0 Å². The van der Waals surface area contributed by atoms with Gasteiger partial charge in [-0.2, -0.15) is 0 Å². The summed E-state index contributed by atoms with van der Waals surface area (Å²) < 4.78 is 14.8. The SMILES string of the molecule is CC(Nc1ccc(Br)cc1)(C(=O)O)c1ccccc1F. The van der Waals surface area contributed by atoms with Crippen molar-refractivity contribution in [1.29, 1.82) is 0 Å². The summed E-state index contributed by atoms with van der Waals surface area (Å²) in [7, 11) is 0. The minimum Gasteiger partial charge on any atom is -0.479 e. The molecule has 2 rings (SSSR count). The van der Waals surface area contributed by atoms with Crippen LogP contribution in [0.5, 0.6) is 0 Å². The zero-order valence-electron chi connectivity index (χ0n) is 10.7. The van der Waals surface area contributed by atoms with E-state index in [0.717, 1.165) is 4.47 Å². The highest BCUT2D eigenvalue weighted by atomic mass is 79.9. The molecule has 0 spiro atoms. The predicted molar refractivity (Wildman–Crippen MR) is 79.2 cm³/mol. The molecule has 0 bridgehead atoms. The van der Waals surface area contributed by atoms with Gasteiger partial charge in [-0.15, -0.1) is 0 Å². The lowest BCUT2D eigenvalue weighted by molar-refractivity contribution is -0.142. The van der Waals surface area contributed by atoms with Gasteiger partial charge in [0.1, 0.15) is 5.82 Å². The van der Waals surface area contributed by atoms with Gasteiger partial charge in [0, 0.05) is 15.7 Å². The van der Waals surface area contributed by atoms with Crippen LogP contribution in [-0.2, 0) is 10.3 Å². The van der Waals surface area contributed by atoms with E-state index in [1.807, 2.05) is 0 Å². The molecule has 2 aromatic rings. The van der Waals surface area contributed by atoms with Crippen LogP contribution in [0.4, 0.5) is 10.1 Å². The van der Waals surface area contributed by atoms with E-state index in [1.165, 1.54) is 25.1 Å². The molecule has 3 nitrogen and oxygen atoms in total. The average Bonchev–Trinajstić information content (AvgIpc) is 2.41. The Kier molecular flexibility index (Phi) is 4.09. The highest BCUT2D eigenvalue weighted by Gasteiger charge is 2.37. The highest BCUT2D eigenvalue weighted by molar-refractivity contribution is 9.10. The number of halogens is 2. The number of carboxylic acid groups (broad SMARTS) is 1. The minimum absolute atomic E-state index is 0.0930. The third-order valence-corrected chi connectivity index (χ3v) is 3.61. The monoisotopic (exact) mass is 337 g/mol. The number of carboxylic acids is 1. The summed E-state index contributed by atoms with van der Waals surface area (Å²) in [4.78, 5) is 11.6. The first-order valence-corrected chi connectivity index (χ1v) is 6.75. The quantitative estimate of drug-likeness (QED) is 0.886. The normalized spacial score (nSPS) is 13.6. The second-order valence-electron chi connectivity index (χ2n) is 4.54. The van der Waals surface area contributed by atoms with Crippen LogP contribution in [-0.4, -0.2) is 11.1 Å². The molecule has 104 valence electrons. The van der Waals surface area contributed by atoms with Gasteiger partial charge in [-0.25, -0.2) is 9.18 Å². The zero-order valence-corrected chi connectivity index (χ0v) is 12.3. The van der Waals surface area contributed by atoms with Crippen molar-refractivity contribution in [1.82, 2.24) is 0 Å². The van der Waals surface area contributed by atoms with Gasteiger partial charge in [0.15, 0.2) is 5.54 Å². The molecule has 5 heteroatoms. The van der Waals surface area contributed by atoms with Crippen LogP contribution in [0.1, 0.15) is 12.5 Å². The van der Waals surface area contributed by atoms with Gasteiger partial charge in [0.2, 0.25) is 0 Å². The molecule has 1 atom stereocenters. The first kappa shape index (κ1) is 14.5. The fourth-order valence-electron chi connectivity index (χ4n) is 1.92. The standard InChI is InChI=1S/C15H13BrFNO2/c1-15(14(19)20,12-4-2-3-5-13(12)17)18-11-8-6-10(16)7-9-11/h2-9,18H,1H3,(H,19,20). The molecule has 0 aromatic heterocycles. The molecule has 2 N–H and O–H groups in total. The van der Waals surface area contributed by atoms with Crippen molar-refractivity contribution in [3.05, 3.63) is 64.4 Å². The summed E-state index contributed by atoms with van der Waals surface area (Å²) in [5.74, 6) is -1.70. The molecule has 0 aliphatic heterocycles. The maximum Gasteiger partial charge on any atom is 0.333 e. The Labute approximate surface area is 124 Å². The molecule has 1 unspecified atom stereocenters. The number of aliphatic carboxylic acids is 1. The van der Waals surface area contributed by atoms with Gasteiger partial charge >= 0.3 is 5.97 Å². The van der Waals surface area contributed by atoms with E-state index < -0.39 is 17.3 Å². The van der Waals surface area contributed by atoms with Crippen LogP contribution in [0, 0.1) is 5.82 Å². The Bertz CT molecular complexity index is 630. The second kappa shape index (κ2) is 5.63. The number of hydrogen-bond donors (Lipinski definition) is 2. The third kappa shape index (κ3) is 2.82. The van der Waals surface area contributed by atoms with E-state index >= 15 is 0 Å². The van der Waals surface area contributed by atoms with Crippen LogP contribution in [0.15, 0.2) is 53.0 Å². The van der Waals surface area contributed by atoms with Crippen LogP contribution >= 0.6 is 15.9 Å². The lowest BCUT2D eigenvalue weighted by Gasteiger charge is -2.28. The first-order valence-electron chi connectivity index (χ1n) is 5.95. The van der Waals surface area contributed by atoms with Crippen LogP contribution in [0.3, 0.4) is 0 Å². The lowest BCUT2D eigenvalue weighted by Crippen LogP contribution is -2.41. The van der Waals surface area contributed by atoms with Crippen molar-refractivity contribution < 1.29 is 14.3 Å². The smallest absolute Gasteiger partial charge is 0.333 e. The summed E-state index contributed by atoms with van der Waals surface area (Å²) >= 11 is 3.31. The summed E-state index contributed by atoms with van der Waals surface area (Å²) in [5.41, 5.74) is -0.851. The summed E-state index contributed by atoms with van der Waals surface area (Å²) in [6.07, 6.45) is 0. The van der Waals surface area contributed by atoms with Crippen LogP contribution in [0.2, 0.25) is 0 Å². The maximum atomic E-state index is 13.9. The number of rotatable bonds is 4. The van der Waals surface area contributed by atoms with E-state index in [4.69, 9.17) is 0 Å². The maximum absolute atomic E-state index is 13.9. The fourth-order valence-corrected chi connectivity index (χ4v) is 2.19. The second-order valence-corrected chi connectivity index (χ2v) is 5.46. The van der Waals surface area contributed by atoms with Crippen LogP contribution < -0.4 is 5.32 Å². The van der Waals surface area contributed by atoms with Crippen molar-refractivity contribution >= 4 is 27.6 Å². The van der Waals surface area contributed by atoms with E-state index in [2.05, 4.69) is 21.2 Å². The number of anilines is 1. The summed E-state index contributed by atoms with van der Waals surface area (Å²) in [6.45, 7) is 1.44. The lowest BCUT2D eigenvalue weighted by atomic mass is 9.91. The van der Waals surface area contributed by atoms with E-state index in [0.29, 0.717) is 5.69 Å². The van der Waals surface area contributed by atoms with Crippen molar-refractivity contribution in [2.45, 2.75) is 12.5 Å². The molecule has 2 aromatic carbocycles. The largest absolute Gasteiger partial charge is 0.479 e. The number of nitrogens with one attached hydrogen (secondary N) is 1. The van der Waals surface area contributed by atoms with Gasteiger partial charge in [-0.05, 0) is 37.3 Å². The molecule has 0 aliphatic rings. The summed E-state index contributed by atoms with van der Waals surface area (Å²) in [5, 5.41) is 12.4. The topological polar surface area (TPSA) is 49.3 Å². The molecule has 0 heterocycles. The van der Waals surface area contributed by atoms with Gasteiger partial charge in [-0.1, -0.05) is 34.1 Å². The highest BCUT2D eigenvalue weighted by Crippen LogP contribution is 2.29. The predicted octanol–water partition coefficient (Wildman–Crippen LogP) is 4.00. The Morgan fingerprint density at radius 2 is 1.80 bits per heavy atom. The van der Waals surface area contributed by atoms with Gasteiger partial charge in [0.05, 0.1) is 0 Å². The molecule has 0 aliphatic carbocycles. The first-order chi connectivity index (χ1) is 9.43. The number of carbonyl (C=O) groups is 1. The number of benzene rings is 2. The Balaban J connectivity index is 2.43. The minimum atomic E-state index is -1.54. The van der Waals surface area contributed by atoms with E-state index in [1.54, 1.807) is 30.3 Å². The molecule has 0 amide bonds. The molecule has 0 saturated carbocycles. The van der Waals surface area contributed by atoms with E-state index in [9.17, 15) is 14.3 Å². The molecule has 0 saturated heterocycles. The van der Waals surface area contributed by atoms with Gasteiger partial charge in [0.25, 0.3) is 0 Å². The van der Waals surface area contributed by atoms with Gasteiger partial charge < -0.3 is 10.4 Å². The Hall–Kier alpha value is -1.88. The van der Waals surface area contributed by atoms with E-state index in [-0.39, 0.29) is 5.56 Å². The molecule has 20 heavy (non-hydrogen) atoms. The molecular formula is C15H13BrFNO2. The van der Waals surface area contributed by atoms with Crippen molar-refractivity contribution in [2.24, 2.45) is 0 Å². The van der Waals surface area contributed by atoms with Crippen molar-refractivity contribution in [3.63, 3.8) is 0 Å². The zero-order chi connectivity index (χ0) is 14.8.